The molecule has 0 unspecified atom stereocenters. The molecular formula is C49H37N. The summed E-state index contributed by atoms with van der Waals surface area (Å²) in [5.74, 6) is 0. The first-order chi connectivity index (χ1) is 24.6. The van der Waals surface area contributed by atoms with Gasteiger partial charge in [-0.1, -0.05) is 166 Å². The van der Waals surface area contributed by atoms with E-state index in [1.165, 1.54) is 72.1 Å². The highest BCUT2D eigenvalue weighted by Gasteiger charge is 2.40. The molecule has 8 aromatic rings. The maximum atomic E-state index is 2.47. The third-order valence-electron chi connectivity index (χ3n) is 10.4. The van der Waals surface area contributed by atoms with Crippen molar-refractivity contribution in [2.75, 3.05) is 4.90 Å². The van der Waals surface area contributed by atoms with Crippen molar-refractivity contribution in [3.05, 3.63) is 199 Å². The van der Waals surface area contributed by atoms with Gasteiger partial charge in [-0.15, -0.1) is 0 Å². The molecule has 8 aromatic carbocycles. The van der Waals surface area contributed by atoms with Gasteiger partial charge in [-0.3, -0.25) is 0 Å². The molecule has 1 aliphatic carbocycles. The fourth-order valence-corrected chi connectivity index (χ4v) is 7.97. The second-order valence-electron chi connectivity index (χ2n) is 13.8. The summed E-state index contributed by atoms with van der Waals surface area (Å²) in [6, 6.07) is 68.5. The highest BCUT2D eigenvalue weighted by atomic mass is 15.1. The van der Waals surface area contributed by atoms with Crippen LogP contribution >= 0.6 is 0 Å². The minimum atomic E-state index is -0.209. The van der Waals surface area contributed by atoms with Gasteiger partial charge in [0.05, 0.1) is 5.69 Å². The SMILES string of the molecule is CC1(C)c2cc(-c3ccccc3)ccc2-c2c(N(c3ccc(-c4ccccc4)cc3)c3cccc(-c4ccccc4)c3)cc3ccccc3c21. The Morgan fingerprint density at radius 3 is 1.58 bits per heavy atom. The van der Waals surface area contributed by atoms with Crippen molar-refractivity contribution in [2.45, 2.75) is 19.3 Å². The molecule has 0 saturated heterocycles. The zero-order chi connectivity index (χ0) is 33.7. The lowest BCUT2D eigenvalue weighted by Gasteiger charge is -2.30. The van der Waals surface area contributed by atoms with E-state index >= 15 is 0 Å². The molecular weight excluding hydrogens is 603 g/mol. The van der Waals surface area contributed by atoms with Crippen LogP contribution in [0.1, 0.15) is 25.0 Å². The van der Waals surface area contributed by atoms with Crippen molar-refractivity contribution < 1.29 is 0 Å². The average Bonchev–Trinajstić information content (AvgIpc) is 3.42. The summed E-state index contributed by atoms with van der Waals surface area (Å²) in [6.45, 7) is 4.80. The van der Waals surface area contributed by atoms with E-state index in [1.54, 1.807) is 0 Å². The third-order valence-corrected chi connectivity index (χ3v) is 10.4. The van der Waals surface area contributed by atoms with Crippen LogP contribution in [0, 0.1) is 0 Å². The van der Waals surface area contributed by atoms with Crippen LogP contribution in [-0.2, 0) is 5.41 Å². The van der Waals surface area contributed by atoms with Crippen LogP contribution in [0.25, 0.3) is 55.3 Å². The number of fused-ring (bicyclic) bond motifs is 5. The first-order valence-electron chi connectivity index (χ1n) is 17.4. The first kappa shape index (κ1) is 29.9. The van der Waals surface area contributed by atoms with Gasteiger partial charge in [0.25, 0.3) is 0 Å². The fraction of sp³-hybridized carbons (Fsp3) is 0.0612. The van der Waals surface area contributed by atoms with E-state index in [-0.39, 0.29) is 5.41 Å². The van der Waals surface area contributed by atoms with Crippen LogP contribution in [0.3, 0.4) is 0 Å². The average molecular weight is 640 g/mol. The summed E-state index contributed by atoms with van der Waals surface area (Å²) in [4.78, 5) is 2.47. The number of anilines is 3. The maximum Gasteiger partial charge on any atom is 0.0549 e. The highest BCUT2D eigenvalue weighted by Crippen LogP contribution is 2.57. The molecule has 9 rings (SSSR count). The predicted octanol–water partition coefficient (Wildman–Crippen LogP) is 13.6. The molecule has 0 radical (unpaired) electrons. The van der Waals surface area contributed by atoms with Gasteiger partial charge < -0.3 is 4.90 Å². The Morgan fingerprint density at radius 2 is 0.920 bits per heavy atom. The van der Waals surface area contributed by atoms with Crippen LogP contribution < -0.4 is 4.90 Å². The Morgan fingerprint density at radius 1 is 0.400 bits per heavy atom. The number of hydrogen-bond acceptors (Lipinski definition) is 1. The Hall–Kier alpha value is -6.18. The minimum Gasteiger partial charge on any atom is -0.310 e. The van der Waals surface area contributed by atoms with Crippen molar-refractivity contribution >= 4 is 27.8 Å². The van der Waals surface area contributed by atoms with E-state index in [0.29, 0.717) is 0 Å². The van der Waals surface area contributed by atoms with Crippen molar-refractivity contribution in [1.82, 2.24) is 0 Å². The molecule has 0 amide bonds. The molecule has 0 saturated carbocycles. The molecule has 0 fully saturated rings. The van der Waals surface area contributed by atoms with Crippen molar-refractivity contribution in [3.8, 4) is 44.5 Å². The molecule has 0 aromatic heterocycles. The summed E-state index contributed by atoms with van der Waals surface area (Å²) in [5.41, 5.74) is 15.9. The second-order valence-corrected chi connectivity index (χ2v) is 13.8. The normalized spacial score (nSPS) is 12.8. The molecule has 50 heavy (non-hydrogen) atoms. The highest BCUT2D eigenvalue weighted by molar-refractivity contribution is 6.06. The van der Waals surface area contributed by atoms with E-state index in [2.05, 4.69) is 207 Å². The molecule has 0 atom stereocenters. The molecule has 0 spiro atoms. The lowest BCUT2D eigenvalue weighted by molar-refractivity contribution is 0.666. The molecule has 0 bridgehead atoms. The standard InChI is InChI=1S/C49H37N/c1-49(2)45-32-39(36-19-10-5-11-20-36)27-30-44(45)47-46(33-40-21-12-13-24-43(40)48(47)49)50(41-28-25-37(26-29-41)34-15-6-3-7-16-34)42-23-14-22-38(31-42)35-17-8-4-9-18-35/h3-33H,1-2H3. The van der Waals surface area contributed by atoms with E-state index < -0.39 is 0 Å². The van der Waals surface area contributed by atoms with Crippen LogP contribution in [0.15, 0.2) is 188 Å². The van der Waals surface area contributed by atoms with Crippen molar-refractivity contribution in [2.24, 2.45) is 0 Å². The Bertz CT molecular complexity index is 2480. The molecule has 0 N–H and O–H groups in total. The largest absolute Gasteiger partial charge is 0.310 e. The van der Waals surface area contributed by atoms with Crippen LogP contribution in [0.5, 0.6) is 0 Å². The minimum absolute atomic E-state index is 0.209. The van der Waals surface area contributed by atoms with Gasteiger partial charge in [0.2, 0.25) is 0 Å². The summed E-state index contributed by atoms with van der Waals surface area (Å²) in [5, 5.41) is 2.56. The fourth-order valence-electron chi connectivity index (χ4n) is 7.97. The van der Waals surface area contributed by atoms with Gasteiger partial charge >= 0.3 is 0 Å². The molecule has 238 valence electrons. The molecule has 1 heteroatoms. The van der Waals surface area contributed by atoms with Gasteiger partial charge in [0, 0.05) is 22.4 Å². The summed E-state index contributed by atoms with van der Waals surface area (Å²) < 4.78 is 0. The lowest BCUT2D eigenvalue weighted by atomic mass is 9.79. The zero-order valence-corrected chi connectivity index (χ0v) is 28.3. The van der Waals surface area contributed by atoms with E-state index in [0.717, 1.165) is 11.4 Å². The maximum absolute atomic E-state index is 2.47. The second kappa shape index (κ2) is 12.1. The van der Waals surface area contributed by atoms with E-state index in [4.69, 9.17) is 0 Å². The van der Waals surface area contributed by atoms with Crippen LogP contribution in [0.2, 0.25) is 0 Å². The third kappa shape index (κ3) is 5.02. The predicted molar refractivity (Wildman–Crippen MR) is 213 cm³/mol. The summed E-state index contributed by atoms with van der Waals surface area (Å²) >= 11 is 0. The Labute approximate surface area is 294 Å². The van der Waals surface area contributed by atoms with Crippen LogP contribution in [0.4, 0.5) is 17.1 Å². The number of hydrogen-bond donors (Lipinski definition) is 0. The van der Waals surface area contributed by atoms with Gasteiger partial charge in [-0.2, -0.15) is 0 Å². The van der Waals surface area contributed by atoms with Gasteiger partial charge in [-0.05, 0) is 97.2 Å². The molecule has 1 aliphatic rings. The zero-order valence-electron chi connectivity index (χ0n) is 28.3. The lowest BCUT2D eigenvalue weighted by Crippen LogP contribution is -2.17. The molecule has 1 nitrogen and oxygen atoms in total. The Balaban J connectivity index is 1.31. The summed E-state index contributed by atoms with van der Waals surface area (Å²) in [7, 11) is 0. The molecule has 0 heterocycles. The van der Waals surface area contributed by atoms with Gasteiger partial charge in [0.15, 0.2) is 0 Å². The van der Waals surface area contributed by atoms with Gasteiger partial charge in [0.1, 0.15) is 0 Å². The topological polar surface area (TPSA) is 3.24 Å². The van der Waals surface area contributed by atoms with Crippen molar-refractivity contribution in [3.63, 3.8) is 0 Å². The Kier molecular flexibility index (Phi) is 7.21. The van der Waals surface area contributed by atoms with E-state index in [9.17, 15) is 0 Å². The number of benzene rings is 8. The summed E-state index contributed by atoms with van der Waals surface area (Å²) in [6.07, 6.45) is 0. The quantitative estimate of drug-likeness (QED) is 0.175. The number of nitrogens with zero attached hydrogens (tertiary/aromatic N) is 1. The van der Waals surface area contributed by atoms with Gasteiger partial charge in [-0.25, -0.2) is 0 Å². The smallest absolute Gasteiger partial charge is 0.0549 e. The monoisotopic (exact) mass is 639 g/mol. The van der Waals surface area contributed by atoms with Crippen molar-refractivity contribution in [1.29, 1.82) is 0 Å². The van der Waals surface area contributed by atoms with E-state index in [1.807, 2.05) is 0 Å². The van der Waals surface area contributed by atoms with Crippen LogP contribution in [-0.4, -0.2) is 0 Å². The number of rotatable bonds is 6. The molecule has 0 aliphatic heterocycles. The first-order valence-corrected chi connectivity index (χ1v) is 17.4.